The Morgan fingerprint density at radius 3 is 1.13 bits per heavy atom. The van der Waals surface area contributed by atoms with Crippen LogP contribution in [-0.2, 0) is 87.1 Å². The van der Waals surface area contributed by atoms with Crippen LogP contribution in [0.5, 0.6) is 0 Å². The van der Waals surface area contributed by atoms with Crippen LogP contribution in [0.2, 0.25) is 0 Å². The van der Waals surface area contributed by atoms with Gasteiger partial charge in [0, 0.05) is 6.92 Å². The number of ether oxygens (including phenoxy) is 9. The van der Waals surface area contributed by atoms with E-state index in [0.29, 0.717) is 0 Å². The van der Waals surface area contributed by atoms with Crippen molar-refractivity contribution in [2.24, 2.45) is 0 Å². The van der Waals surface area contributed by atoms with E-state index in [-0.39, 0.29) is 46.2 Å². The second kappa shape index (κ2) is 25.1. The lowest BCUT2D eigenvalue weighted by atomic mass is 9.84. The average Bonchev–Trinajstić information content (AvgIpc) is 3.38. The molecule has 12 nitrogen and oxygen atoms in total. The SMILES string of the molecule is CC(=O)O[C@H]1[C@@H](O)[C@@H](O)[C@H](OCc2ccccc2)[C@@H](OCc2ccccc2)[C@@H]1O[C@H]1O[C@H](COCc2ccccc2)[C@H](OCc2ccccc2)[C@H](OCc2ccccc2)[C@H]1OCc1ccccc1. The lowest BCUT2D eigenvalue weighted by Crippen LogP contribution is -2.69. The lowest BCUT2D eigenvalue weighted by molar-refractivity contribution is -0.360. The summed E-state index contributed by atoms with van der Waals surface area (Å²) < 4.78 is 60.4. The first-order valence-electron chi connectivity index (χ1n) is 23.1. The first-order valence-corrected chi connectivity index (χ1v) is 23.1. The molecule has 2 fully saturated rings. The van der Waals surface area contributed by atoms with Crippen LogP contribution in [-0.4, -0.2) is 90.1 Å². The van der Waals surface area contributed by atoms with Gasteiger partial charge in [-0.1, -0.05) is 182 Å². The molecule has 2 aliphatic rings. The number of hydrogen-bond donors (Lipinski definition) is 2. The minimum absolute atomic E-state index is 0.0565. The van der Waals surface area contributed by atoms with Gasteiger partial charge < -0.3 is 52.8 Å². The van der Waals surface area contributed by atoms with Crippen molar-refractivity contribution in [3.63, 3.8) is 0 Å². The lowest BCUT2D eigenvalue weighted by Gasteiger charge is -2.50. The van der Waals surface area contributed by atoms with Crippen molar-refractivity contribution in [2.75, 3.05) is 6.61 Å². The largest absolute Gasteiger partial charge is 0.457 e. The van der Waals surface area contributed by atoms with Gasteiger partial charge in [0.2, 0.25) is 0 Å². The summed E-state index contributed by atoms with van der Waals surface area (Å²) in [6, 6.07) is 58.2. The third kappa shape index (κ3) is 13.5. The molecule has 0 spiro atoms. The maximum atomic E-state index is 12.9. The first kappa shape index (κ1) is 48.8. The third-order valence-electron chi connectivity index (χ3n) is 12.0. The van der Waals surface area contributed by atoms with E-state index in [9.17, 15) is 15.0 Å². The Labute approximate surface area is 398 Å². The van der Waals surface area contributed by atoms with E-state index in [4.69, 9.17) is 42.6 Å². The highest BCUT2D eigenvalue weighted by Gasteiger charge is 2.57. The summed E-state index contributed by atoms with van der Waals surface area (Å²) in [5, 5.41) is 23.8. The smallest absolute Gasteiger partial charge is 0.303 e. The third-order valence-corrected chi connectivity index (χ3v) is 12.0. The molecule has 1 saturated carbocycles. The number of hydrogen-bond acceptors (Lipinski definition) is 12. The number of aliphatic hydroxyl groups excluding tert-OH is 2. The van der Waals surface area contributed by atoms with Crippen LogP contribution < -0.4 is 0 Å². The van der Waals surface area contributed by atoms with E-state index in [1.807, 2.05) is 182 Å². The van der Waals surface area contributed by atoms with Crippen LogP contribution in [0.4, 0.5) is 0 Å². The highest BCUT2D eigenvalue weighted by atomic mass is 16.7. The second-order valence-corrected chi connectivity index (χ2v) is 17.0. The van der Waals surface area contributed by atoms with Crippen molar-refractivity contribution in [1.82, 2.24) is 0 Å². The molecule has 0 radical (unpaired) electrons. The van der Waals surface area contributed by atoms with E-state index in [0.717, 1.165) is 33.4 Å². The van der Waals surface area contributed by atoms with Crippen LogP contribution in [0.1, 0.15) is 40.3 Å². The zero-order valence-electron chi connectivity index (χ0n) is 38.1. The molecular weight excluding hydrogens is 865 g/mol. The van der Waals surface area contributed by atoms with E-state index >= 15 is 0 Å². The standard InChI is InChI=1S/C56H60O12/c1-39(57)66-51-48(59)47(58)50(62-34-42-24-12-4-13-25-42)53(64-36-44-28-16-6-17-29-44)54(51)68-56-55(65-37-45-30-18-7-19-31-45)52(63-35-43-26-14-5-15-27-43)49(61-33-41-22-10-3-11-23-41)46(67-56)38-60-32-40-20-8-2-9-21-40/h2-31,46-56,58-59H,32-38H2,1H3/t46-,47-,48+,49+,50+,51+,52+,53-,54-,55-,56-/m1/s1. The summed E-state index contributed by atoms with van der Waals surface area (Å²) in [7, 11) is 0. The summed E-state index contributed by atoms with van der Waals surface area (Å²) in [6.45, 7) is 2.28. The van der Waals surface area contributed by atoms with Crippen molar-refractivity contribution in [2.45, 2.75) is 114 Å². The van der Waals surface area contributed by atoms with Gasteiger partial charge in [0.05, 0.1) is 46.2 Å². The zero-order chi connectivity index (χ0) is 46.9. The molecule has 0 unspecified atom stereocenters. The number of carbonyl (C=O) groups is 1. The Balaban J connectivity index is 1.19. The average molecular weight is 925 g/mol. The minimum atomic E-state index is -1.66. The minimum Gasteiger partial charge on any atom is -0.457 e. The predicted molar refractivity (Wildman–Crippen MR) is 252 cm³/mol. The second-order valence-electron chi connectivity index (χ2n) is 17.0. The van der Waals surface area contributed by atoms with E-state index in [1.165, 1.54) is 6.92 Å². The van der Waals surface area contributed by atoms with Crippen molar-refractivity contribution in [3.05, 3.63) is 215 Å². The van der Waals surface area contributed by atoms with Crippen LogP contribution in [0.25, 0.3) is 0 Å². The predicted octanol–water partition coefficient (Wildman–Crippen LogP) is 7.91. The van der Waals surface area contributed by atoms with Gasteiger partial charge in [-0.25, -0.2) is 0 Å². The van der Waals surface area contributed by atoms with Gasteiger partial charge in [-0.15, -0.1) is 0 Å². The number of benzene rings is 6. The van der Waals surface area contributed by atoms with Gasteiger partial charge in [0.25, 0.3) is 0 Å². The molecule has 1 heterocycles. The van der Waals surface area contributed by atoms with E-state index < -0.39 is 73.3 Å². The molecule has 2 N–H and O–H groups in total. The number of rotatable bonds is 22. The fourth-order valence-electron chi connectivity index (χ4n) is 8.56. The summed E-state index contributed by atoms with van der Waals surface area (Å²) in [6.07, 6.45) is -13.0. The molecule has 1 aliphatic carbocycles. The Morgan fingerprint density at radius 2 is 0.735 bits per heavy atom. The highest BCUT2D eigenvalue weighted by molar-refractivity contribution is 5.66. The van der Waals surface area contributed by atoms with Crippen LogP contribution >= 0.6 is 0 Å². The quantitative estimate of drug-likeness (QED) is 0.0640. The van der Waals surface area contributed by atoms with E-state index in [2.05, 4.69) is 0 Å². The van der Waals surface area contributed by atoms with Gasteiger partial charge in [0.15, 0.2) is 12.4 Å². The Kier molecular flexibility index (Phi) is 18.0. The Hall–Kier alpha value is -5.61. The first-order chi connectivity index (χ1) is 33.4. The molecule has 11 atom stereocenters. The van der Waals surface area contributed by atoms with Gasteiger partial charge in [0.1, 0.15) is 54.9 Å². The van der Waals surface area contributed by atoms with Crippen molar-refractivity contribution >= 4 is 5.97 Å². The topological polar surface area (TPSA) is 141 Å². The number of esters is 1. The molecule has 8 rings (SSSR count). The monoisotopic (exact) mass is 924 g/mol. The van der Waals surface area contributed by atoms with Crippen LogP contribution in [0.15, 0.2) is 182 Å². The number of carbonyl (C=O) groups excluding carboxylic acids is 1. The maximum absolute atomic E-state index is 12.9. The van der Waals surface area contributed by atoms with Gasteiger partial charge >= 0.3 is 5.97 Å². The Morgan fingerprint density at radius 1 is 0.412 bits per heavy atom. The molecule has 0 amide bonds. The van der Waals surface area contributed by atoms with Gasteiger partial charge in [-0.2, -0.15) is 0 Å². The highest BCUT2D eigenvalue weighted by Crippen LogP contribution is 2.37. The van der Waals surface area contributed by atoms with Crippen molar-refractivity contribution in [1.29, 1.82) is 0 Å². The van der Waals surface area contributed by atoms with Crippen molar-refractivity contribution in [3.8, 4) is 0 Å². The van der Waals surface area contributed by atoms with Gasteiger partial charge in [-0.3, -0.25) is 4.79 Å². The van der Waals surface area contributed by atoms with Gasteiger partial charge in [-0.05, 0) is 33.4 Å². The summed E-state index contributed by atoms with van der Waals surface area (Å²) in [5.41, 5.74) is 5.38. The molecule has 356 valence electrons. The molecule has 12 heteroatoms. The van der Waals surface area contributed by atoms with Crippen molar-refractivity contribution < 1.29 is 57.6 Å². The zero-order valence-corrected chi connectivity index (χ0v) is 38.1. The molecular formula is C56H60O12. The molecule has 1 aliphatic heterocycles. The molecule has 68 heavy (non-hydrogen) atoms. The Bertz CT molecular complexity index is 2350. The molecule has 6 aromatic rings. The fourth-order valence-corrected chi connectivity index (χ4v) is 8.56. The summed E-state index contributed by atoms with van der Waals surface area (Å²) in [4.78, 5) is 12.9. The van der Waals surface area contributed by atoms with E-state index in [1.54, 1.807) is 0 Å². The molecule has 0 aromatic heterocycles. The maximum Gasteiger partial charge on any atom is 0.303 e. The summed E-state index contributed by atoms with van der Waals surface area (Å²) in [5.74, 6) is -0.701. The van der Waals surface area contributed by atoms with Crippen LogP contribution in [0, 0.1) is 0 Å². The molecule has 6 aromatic carbocycles. The molecule has 0 bridgehead atoms. The van der Waals surface area contributed by atoms with Crippen LogP contribution in [0.3, 0.4) is 0 Å². The number of aliphatic hydroxyl groups is 2. The fraction of sp³-hybridized carbons (Fsp3) is 0.339. The summed E-state index contributed by atoms with van der Waals surface area (Å²) >= 11 is 0. The molecule has 1 saturated heterocycles. The normalized spacial score (nSPS) is 26.0.